The molecule has 0 bridgehead atoms. The molecule has 5 nitrogen and oxygen atoms in total. The standard InChI is InChI=1S/C19H22N2O3/c1-13(2)18(22)20-15-9-11-16(12-10-15)21-19(23)14(3)24-17-7-5-4-6-8-17/h4-14H,1-3H3,(H,20,22)(H,21,23)/t14-/m0/s1. The number of para-hydroxylation sites is 1. The summed E-state index contributed by atoms with van der Waals surface area (Å²) in [7, 11) is 0. The van der Waals surface area contributed by atoms with Crippen LogP contribution in [-0.4, -0.2) is 17.9 Å². The molecule has 5 heteroatoms. The van der Waals surface area contributed by atoms with E-state index in [0.29, 0.717) is 17.1 Å². The predicted molar refractivity (Wildman–Crippen MR) is 95.1 cm³/mol. The van der Waals surface area contributed by atoms with Crippen LogP contribution >= 0.6 is 0 Å². The first-order valence-corrected chi connectivity index (χ1v) is 7.89. The van der Waals surface area contributed by atoms with E-state index in [2.05, 4.69) is 10.6 Å². The Morgan fingerprint density at radius 2 is 1.29 bits per heavy atom. The van der Waals surface area contributed by atoms with E-state index in [-0.39, 0.29) is 17.7 Å². The summed E-state index contributed by atoms with van der Waals surface area (Å²) in [4.78, 5) is 23.8. The Hall–Kier alpha value is -2.82. The molecule has 0 aliphatic carbocycles. The highest BCUT2D eigenvalue weighted by molar-refractivity contribution is 5.95. The number of carbonyl (C=O) groups is 2. The van der Waals surface area contributed by atoms with Gasteiger partial charge in [-0.05, 0) is 43.3 Å². The molecule has 0 saturated heterocycles. The molecule has 0 saturated carbocycles. The Balaban J connectivity index is 1.90. The minimum absolute atomic E-state index is 0.0448. The number of amides is 2. The van der Waals surface area contributed by atoms with Gasteiger partial charge in [-0.3, -0.25) is 9.59 Å². The predicted octanol–water partition coefficient (Wildman–Crippen LogP) is 3.69. The maximum absolute atomic E-state index is 12.2. The van der Waals surface area contributed by atoms with E-state index in [1.54, 1.807) is 43.3 Å². The van der Waals surface area contributed by atoms with Crippen molar-refractivity contribution in [2.24, 2.45) is 5.92 Å². The molecule has 0 aliphatic heterocycles. The molecule has 0 unspecified atom stereocenters. The molecule has 126 valence electrons. The van der Waals surface area contributed by atoms with E-state index >= 15 is 0 Å². The Labute approximate surface area is 142 Å². The summed E-state index contributed by atoms with van der Waals surface area (Å²) in [6.45, 7) is 5.36. The van der Waals surface area contributed by atoms with Gasteiger partial charge in [0.25, 0.3) is 5.91 Å². The second-order valence-electron chi connectivity index (χ2n) is 5.78. The smallest absolute Gasteiger partial charge is 0.265 e. The minimum atomic E-state index is -0.618. The normalized spacial score (nSPS) is 11.7. The fourth-order valence-corrected chi connectivity index (χ4v) is 1.92. The molecule has 0 fully saturated rings. The van der Waals surface area contributed by atoms with Crippen LogP contribution < -0.4 is 15.4 Å². The largest absolute Gasteiger partial charge is 0.481 e. The maximum Gasteiger partial charge on any atom is 0.265 e. The van der Waals surface area contributed by atoms with Crippen molar-refractivity contribution in [3.63, 3.8) is 0 Å². The number of anilines is 2. The summed E-state index contributed by atoms with van der Waals surface area (Å²) in [5.41, 5.74) is 1.34. The highest BCUT2D eigenvalue weighted by atomic mass is 16.5. The van der Waals surface area contributed by atoms with Crippen LogP contribution in [0.3, 0.4) is 0 Å². The van der Waals surface area contributed by atoms with E-state index in [4.69, 9.17) is 4.74 Å². The van der Waals surface area contributed by atoms with Gasteiger partial charge in [-0.25, -0.2) is 0 Å². The third-order valence-corrected chi connectivity index (χ3v) is 3.37. The van der Waals surface area contributed by atoms with Crippen molar-refractivity contribution in [2.45, 2.75) is 26.9 Å². The lowest BCUT2D eigenvalue weighted by molar-refractivity contribution is -0.122. The van der Waals surface area contributed by atoms with E-state index in [0.717, 1.165) is 0 Å². The average Bonchev–Trinajstić information content (AvgIpc) is 2.57. The van der Waals surface area contributed by atoms with Crippen LogP contribution in [0.15, 0.2) is 54.6 Å². The second kappa shape index (κ2) is 8.15. The Morgan fingerprint density at radius 3 is 1.79 bits per heavy atom. The van der Waals surface area contributed by atoms with Crippen molar-refractivity contribution in [3.8, 4) is 5.75 Å². The van der Waals surface area contributed by atoms with Gasteiger partial charge in [-0.1, -0.05) is 32.0 Å². The van der Waals surface area contributed by atoms with E-state index in [1.807, 2.05) is 32.0 Å². The van der Waals surface area contributed by atoms with Crippen LogP contribution in [0.2, 0.25) is 0 Å². The first-order chi connectivity index (χ1) is 11.5. The fraction of sp³-hybridized carbons (Fsp3) is 0.263. The molecule has 2 aromatic rings. The lowest BCUT2D eigenvalue weighted by Gasteiger charge is -2.15. The monoisotopic (exact) mass is 326 g/mol. The van der Waals surface area contributed by atoms with Crippen LogP contribution in [0, 0.1) is 5.92 Å². The van der Waals surface area contributed by atoms with Gasteiger partial charge in [-0.15, -0.1) is 0 Å². The molecular formula is C19H22N2O3. The number of ether oxygens (including phenoxy) is 1. The van der Waals surface area contributed by atoms with Gasteiger partial charge < -0.3 is 15.4 Å². The van der Waals surface area contributed by atoms with Gasteiger partial charge in [0.2, 0.25) is 5.91 Å². The number of nitrogens with one attached hydrogen (secondary N) is 2. The van der Waals surface area contributed by atoms with Crippen LogP contribution in [-0.2, 0) is 9.59 Å². The lowest BCUT2D eigenvalue weighted by Crippen LogP contribution is -2.30. The highest BCUT2D eigenvalue weighted by Crippen LogP contribution is 2.16. The van der Waals surface area contributed by atoms with Crippen LogP contribution in [0.5, 0.6) is 5.75 Å². The summed E-state index contributed by atoms with van der Waals surface area (Å²) >= 11 is 0. The minimum Gasteiger partial charge on any atom is -0.481 e. The quantitative estimate of drug-likeness (QED) is 0.851. The maximum atomic E-state index is 12.2. The van der Waals surface area contributed by atoms with Crippen molar-refractivity contribution in [1.29, 1.82) is 0 Å². The van der Waals surface area contributed by atoms with E-state index in [9.17, 15) is 9.59 Å². The van der Waals surface area contributed by atoms with Crippen LogP contribution in [0.1, 0.15) is 20.8 Å². The molecule has 2 amide bonds. The second-order valence-corrected chi connectivity index (χ2v) is 5.78. The van der Waals surface area contributed by atoms with Gasteiger partial charge in [0, 0.05) is 17.3 Å². The summed E-state index contributed by atoms with van der Waals surface area (Å²) in [5.74, 6) is 0.279. The number of hydrogen-bond acceptors (Lipinski definition) is 3. The first-order valence-electron chi connectivity index (χ1n) is 7.89. The lowest BCUT2D eigenvalue weighted by atomic mass is 10.2. The molecule has 24 heavy (non-hydrogen) atoms. The molecule has 2 rings (SSSR count). The zero-order valence-electron chi connectivity index (χ0n) is 14.1. The van der Waals surface area contributed by atoms with Crippen molar-refractivity contribution in [1.82, 2.24) is 0 Å². The Morgan fingerprint density at radius 1 is 0.792 bits per heavy atom. The molecule has 2 aromatic carbocycles. The number of benzene rings is 2. The highest BCUT2D eigenvalue weighted by Gasteiger charge is 2.15. The van der Waals surface area contributed by atoms with Gasteiger partial charge in [0.1, 0.15) is 5.75 Å². The summed E-state index contributed by atoms with van der Waals surface area (Å²) in [6, 6.07) is 16.2. The molecule has 0 radical (unpaired) electrons. The summed E-state index contributed by atoms with van der Waals surface area (Å²) in [6.07, 6.45) is -0.618. The van der Waals surface area contributed by atoms with Crippen molar-refractivity contribution < 1.29 is 14.3 Å². The third kappa shape index (κ3) is 5.12. The zero-order chi connectivity index (χ0) is 17.5. The van der Waals surface area contributed by atoms with Gasteiger partial charge >= 0.3 is 0 Å². The van der Waals surface area contributed by atoms with Crippen molar-refractivity contribution in [2.75, 3.05) is 10.6 Å². The molecule has 0 aromatic heterocycles. The van der Waals surface area contributed by atoms with E-state index < -0.39 is 6.10 Å². The van der Waals surface area contributed by atoms with Crippen LogP contribution in [0.25, 0.3) is 0 Å². The Bertz CT molecular complexity index is 682. The average molecular weight is 326 g/mol. The Kier molecular flexibility index (Phi) is 5.95. The number of hydrogen-bond donors (Lipinski definition) is 2. The topological polar surface area (TPSA) is 67.4 Å². The van der Waals surface area contributed by atoms with Crippen LogP contribution in [0.4, 0.5) is 11.4 Å². The molecule has 2 N–H and O–H groups in total. The molecule has 0 heterocycles. The van der Waals surface area contributed by atoms with Gasteiger partial charge in [0.15, 0.2) is 6.10 Å². The zero-order valence-corrected chi connectivity index (χ0v) is 14.1. The van der Waals surface area contributed by atoms with Gasteiger partial charge in [-0.2, -0.15) is 0 Å². The van der Waals surface area contributed by atoms with E-state index in [1.165, 1.54) is 0 Å². The third-order valence-electron chi connectivity index (χ3n) is 3.37. The number of carbonyl (C=O) groups excluding carboxylic acids is 2. The number of rotatable bonds is 6. The fourth-order valence-electron chi connectivity index (χ4n) is 1.92. The van der Waals surface area contributed by atoms with Crippen molar-refractivity contribution in [3.05, 3.63) is 54.6 Å². The van der Waals surface area contributed by atoms with Crippen molar-refractivity contribution >= 4 is 23.2 Å². The molecule has 1 atom stereocenters. The summed E-state index contributed by atoms with van der Waals surface area (Å²) in [5, 5.41) is 5.59. The SMILES string of the molecule is CC(C)C(=O)Nc1ccc(NC(=O)[C@H](C)Oc2ccccc2)cc1. The molecular weight excluding hydrogens is 304 g/mol. The molecule has 0 spiro atoms. The summed E-state index contributed by atoms with van der Waals surface area (Å²) < 4.78 is 5.58. The first kappa shape index (κ1) is 17.5. The molecule has 0 aliphatic rings. The van der Waals surface area contributed by atoms with Gasteiger partial charge in [0.05, 0.1) is 0 Å².